The minimum atomic E-state index is 0. The molecule has 0 nitrogen and oxygen atoms in total. The smallest absolute Gasteiger partial charge is 0.0406 e. The summed E-state index contributed by atoms with van der Waals surface area (Å²) in [6.45, 7) is 0. The van der Waals surface area contributed by atoms with Crippen LogP contribution in [0.25, 0.3) is 0 Å². The van der Waals surface area contributed by atoms with Crippen molar-refractivity contribution in [2.75, 3.05) is 0 Å². The lowest BCUT2D eigenvalue weighted by molar-refractivity contribution is 1.48. The molecule has 50 valence electrons. The van der Waals surface area contributed by atoms with Crippen LogP contribution in [0, 0.1) is 0 Å². The van der Waals surface area contributed by atoms with E-state index in [1.54, 1.807) is 0 Å². The maximum Gasteiger partial charge on any atom is 0.0406 e. The molecule has 1 aromatic carbocycles. The van der Waals surface area contributed by atoms with Gasteiger partial charge in [0.1, 0.15) is 0 Å². The molecule has 0 N–H and O–H groups in total. The van der Waals surface area contributed by atoms with Gasteiger partial charge in [-0.15, -0.1) is 25.0 Å². The highest BCUT2D eigenvalue weighted by Gasteiger charge is 1.82. The summed E-state index contributed by atoms with van der Waals surface area (Å²) >= 11 is 9.65. The van der Waals surface area contributed by atoms with Crippen molar-refractivity contribution in [1.82, 2.24) is 0 Å². The summed E-state index contributed by atoms with van der Waals surface area (Å²) in [5, 5.41) is 0.753. The molecule has 0 radical (unpaired) electrons. The van der Waals surface area contributed by atoms with E-state index < -0.39 is 0 Å². The molecule has 0 heterocycles. The molecule has 0 saturated carbocycles. The average molecular weight is 181 g/mol. The van der Waals surface area contributed by atoms with E-state index in [-0.39, 0.29) is 12.4 Å². The molecule has 3 heteroatoms. The van der Waals surface area contributed by atoms with Crippen LogP contribution < -0.4 is 0 Å². The molecule has 0 fully saturated rings. The van der Waals surface area contributed by atoms with Crippen molar-refractivity contribution in [3.05, 3.63) is 29.3 Å². The van der Waals surface area contributed by atoms with Crippen molar-refractivity contribution in [1.29, 1.82) is 0 Å². The second kappa shape index (κ2) is 4.04. The molecule has 0 aliphatic heterocycles. The summed E-state index contributed by atoms with van der Waals surface area (Å²) in [5.74, 6) is 0. The molecule has 0 unspecified atom stereocenters. The standard InChI is InChI=1S/C6H5ClS.ClH/c7-5-1-3-6(8)4-2-5;/h1-4,8H;1H. The fourth-order valence-electron chi connectivity index (χ4n) is 0.441. The molecule has 0 aromatic heterocycles. The number of halogens is 2. The van der Waals surface area contributed by atoms with Crippen LogP contribution in [0.5, 0.6) is 0 Å². The van der Waals surface area contributed by atoms with Gasteiger partial charge in [-0.3, -0.25) is 0 Å². The van der Waals surface area contributed by atoms with Gasteiger partial charge in [0.05, 0.1) is 0 Å². The van der Waals surface area contributed by atoms with Crippen LogP contribution in [0.2, 0.25) is 5.02 Å². The van der Waals surface area contributed by atoms with Gasteiger partial charge in [-0.25, -0.2) is 0 Å². The van der Waals surface area contributed by atoms with Gasteiger partial charge in [-0.2, -0.15) is 0 Å². The number of hydrogen-bond acceptors (Lipinski definition) is 1. The summed E-state index contributed by atoms with van der Waals surface area (Å²) in [5.41, 5.74) is 0. The largest absolute Gasteiger partial charge is 0.147 e. The molecule has 1 rings (SSSR count). The summed E-state index contributed by atoms with van der Waals surface area (Å²) in [7, 11) is 0. The van der Waals surface area contributed by atoms with Gasteiger partial charge in [0.25, 0.3) is 0 Å². The summed E-state index contributed by atoms with van der Waals surface area (Å²) in [6.07, 6.45) is 0. The molecule has 0 bridgehead atoms. The van der Waals surface area contributed by atoms with Gasteiger partial charge in [0.15, 0.2) is 0 Å². The molecule has 1 aromatic rings. The van der Waals surface area contributed by atoms with Crippen molar-refractivity contribution in [2.24, 2.45) is 0 Å². The third-order valence-electron chi connectivity index (χ3n) is 0.827. The highest BCUT2D eigenvalue weighted by molar-refractivity contribution is 7.80. The lowest BCUT2D eigenvalue weighted by Gasteiger charge is -1.87. The zero-order valence-corrected chi connectivity index (χ0v) is 7.01. The van der Waals surface area contributed by atoms with Crippen LogP contribution in [0.1, 0.15) is 0 Å². The quantitative estimate of drug-likeness (QED) is 0.584. The van der Waals surface area contributed by atoms with Crippen molar-refractivity contribution in [2.45, 2.75) is 4.90 Å². The molecule has 9 heavy (non-hydrogen) atoms. The first kappa shape index (κ1) is 9.15. The van der Waals surface area contributed by atoms with Gasteiger partial charge in [-0.05, 0) is 24.3 Å². The molecule has 0 saturated heterocycles. The number of benzene rings is 1. The number of thiol groups is 1. The molecule has 0 spiro atoms. The van der Waals surface area contributed by atoms with E-state index in [0.717, 1.165) is 9.92 Å². The van der Waals surface area contributed by atoms with E-state index in [1.807, 2.05) is 24.3 Å². The van der Waals surface area contributed by atoms with Gasteiger partial charge in [-0.1, -0.05) is 11.6 Å². The second-order valence-corrected chi connectivity index (χ2v) is 2.43. The van der Waals surface area contributed by atoms with Crippen molar-refractivity contribution in [3.8, 4) is 0 Å². The molecule has 0 atom stereocenters. The summed E-state index contributed by atoms with van der Waals surface area (Å²) in [4.78, 5) is 0.939. The monoisotopic (exact) mass is 180 g/mol. The predicted octanol–water partition coefficient (Wildman–Crippen LogP) is 3.05. The first-order chi connectivity index (χ1) is 3.79. The first-order valence-electron chi connectivity index (χ1n) is 2.23. The van der Waals surface area contributed by atoms with Crippen molar-refractivity contribution >= 4 is 36.6 Å². The van der Waals surface area contributed by atoms with Crippen LogP contribution in [0.4, 0.5) is 0 Å². The van der Waals surface area contributed by atoms with E-state index in [9.17, 15) is 0 Å². The van der Waals surface area contributed by atoms with E-state index in [1.165, 1.54) is 0 Å². The average Bonchev–Trinajstić information content (AvgIpc) is 1.77. The Bertz CT molecular complexity index is 150. The first-order valence-corrected chi connectivity index (χ1v) is 3.06. The molecule has 0 aliphatic carbocycles. The van der Waals surface area contributed by atoms with E-state index in [2.05, 4.69) is 12.6 Å². The highest BCUT2D eigenvalue weighted by atomic mass is 35.5. The number of hydrogen-bond donors (Lipinski definition) is 1. The van der Waals surface area contributed by atoms with Gasteiger partial charge in [0, 0.05) is 9.92 Å². The Balaban J connectivity index is 0.000000640. The number of rotatable bonds is 0. The summed E-state index contributed by atoms with van der Waals surface area (Å²) in [6, 6.07) is 7.32. The van der Waals surface area contributed by atoms with E-state index in [4.69, 9.17) is 11.6 Å². The van der Waals surface area contributed by atoms with Crippen molar-refractivity contribution < 1.29 is 0 Å². The minimum absolute atomic E-state index is 0. The topological polar surface area (TPSA) is 0 Å². The van der Waals surface area contributed by atoms with E-state index in [0.29, 0.717) is 0 Å². The zero-order chi connectivity index (χ0) is 5.98. The SMILES string of the molecule is Cl.Sc1ccc(Cl)cc1. The van der Waals surface area contributed by atoms with Crippen LogP contribution in [-0.4, -0.2) is 0 Å². The van der Waals surface area contributed by atoms with Crippen LogP contribution in [0.15, 0.2) is 29.2 Å². The Hall–Kier alpha value is 0.150. The Morgan fingerprint density at radius 2 is 1.56 bits per heavy atom. The van der Waals surface area contributed by atoms with Crippen LogP contribution in [-0.2, 0) is 0 Å². The normalized spacial score (nSPS) is 8.22. The fraction of sp³-hybridized carbons (Fsp3) is 0. The van der Waals surface area contributed by atoms with Gasteiger partial charge in [0.2, 0.25) is 0 Å². The highest BCUT2D eigenvalue weighted by Crippen LogP contribution is 2.11. The van der Waals surface area contributed by atoms with Crippen LogP contribution >= 0.6 is 36.6 Å². The molecule has 0 amide bonds. The second-order valence-electron chi connectivity index (χ2n) is 1.48. The maximum absolute atomic E-state index is 5.58. The fourth-order valence-corrected chi connectivity index (χ4v) is 0.716. The lowest BCUT2D eigenvalue weighted by atomic mass is 10.4. The van der Waals surface area contributed by atoms with Crippen LogP contribution in [0.3, 0.4) is 0 Å². The minimum Gasteiger partial charge on any atom is -0.147 e. The van der Waals surface area contributed by atoms with Gasteiger partial charge >= 0.3 is 0 Å². The maximum atomic E-state index is 5.58. The Kier molecular flexibility index (Phi) is 4.11. The van der Waals surface area contributed by atoms with E-state index >= 15 is 0 Å². The predicted molar refractivity (Wildman–Crippen MR) is 46.0 cm³/mol. The zero-order valence-electron chi connectivity index (χ0n) is 4.54. The Morgan fingerprint density at radius 1 is 1.11 bits per heavy atom. The third kappa shape index (κ3) is 2.99. The lowest BCUT2D eigenvalue weighted by Crippen LogP contribution is -1.61. The molecule has 0 aliphatic rings. The Morgan fingerprint density at radius 3 is 1.89 bits per heavy atom. The molecular weight excluding hydrogens is 175 g/mol. The molecular formula is C6H6Cl2S. The summed E-state index contributed by atoms with van der Waals surface area (Å²) < 4.78 is 0. The Labute approximate surface area is 71.0 Å². The third-order valence-corrected chi connectivity index (χ3v) is 1.38. The van der Waals surface area contributed by atoms with Gasteiger partial charge < -0.3 is 0 Å². The van der Waals surface area contributed by atoms with Crippen molar-refractivity contribution in [3.63, 3.8) is 0 Å².